The fourth-order valence-corrected chi connectivity index (χ4v) is 3.84. The largest absolute Gasteiger partial charge is 0.469 e. The molecule has 11 heteroatoms. The Morgan fingerprint density at radius 3 is 2.34 bits per heavy atom. The fourth-order valence-electron chi connectivity index (χ4n) is 3.84. The fraction of sp³-hybridized carbons (Fsp3) is 0.778. The van der Waals surface area contributed by atoms with Crippen LogP contribution < -0.4 is 32.3 Å². The van der Waals surface area contributed by atoms with Crippen LogP contribution in [0.3, 0.4) is 0 Å². The summed E-state index contributed by atoms with van der Waals surface area (Å²) >= 11 is 0. The number of hydrogen-bond donors (Lipinski definition) is 4. The Labute approximate surface area is 171 Å². The molecule has 2 saturated heterocycles. The number of carbonyl (C=O) groups excluding carboxylic acids is 1. The number of methoxy groups -OCH3 is 1. The highest BCUT2D eigenvalue weighted by molar-refractivity contribution is 5.70. The van der Waals surface area contributed by atoms with E-state index in [9.17, 15) is 4.79 Å². The van der Waals surface area contributed by atoms with Crippen LogP contribution in [0.1, 0.15) is 32.6 Å². The number of nitrogens with one attached hydrogen (secondary N) is 1. The zero-order valence-corrected chi connectivity index (χ0v) is 17.3. The van der Waals surface area contributed by atoms with Crippen LogP contribution in [0.4, 0.5) is 17.8 Å². The second kappa shape index (κ2) is 9.51. The number of nitrogens with zero attached hydrogens (tertiary/aromatic N) is 5. The van der Waals surface area contributed by atoms with E-state index < -0.39 is 0 Å². The van der Waals surface area contributed by atoms with Crippen molar-refractivity contribution < 1.29 is 9.53 Å². The van der Waals surface area contributed by atoms with Gasteiger partial charge in [0.2, 0.25) is 17.8 Å². The van der Waals surface area contributed by atoms with Gasteiger partial charge in [0, 0.05) is 50.3 Å². The van der Waals surface area contributed by atoms with E-state index in [1.807, 2.05) is 11.8 Å². The van der Waals surface area contributed by atoms with Crippen LogP contribution >= 0.6 is 0 Å². The van der Waals surface area contributed by atoms with E-state index in [4.69, 9.17) is 26.9 Å². The molecule has 7 N–H and O–H groups in total. The molecule has 29 heavy (non-hydrogen) atoms. The van der Waals surface area contributed by atoms with E-state index in [-0.39, 0.29) is 36.6 Å². The standard InChI is InChI=1S/C18H33N9O2/c1-11(6-15(28)29-2)22-16-23-17(26-5-3-4-12(19)8-26)25-18(24-16)27-9-13(20)7-14(21)10-27/h11-14H,3-10,19-21H2,1-2H3,(H,22,23,24,25)/t11?,12-,13-,14+/m1/s1. The second-order valence-corrected chi connectivity index (χ2v) is 8.09. The van der Waals surface area contributed by atoms with Gasteiger partial charge in [-0.05, 0) is 26.2 Å². The molecule has 1 aromatic heterocycles. The van der Waals surface area contributed by atoms with Crippen molar-refractivity contribution in [1.29, 1.82) is 0 Å². The minimum atomic E-state index is -0.297. The van der Waals surface area contributed by atoms with Gasteiger partial charge in [0.1, 0.15) is 0 Å². The zero-order chi connectivity index (χ0) is 21.0. The van der Waals surface area contributed by atoms with Crippen LogP contribution in [0.15, 0.2) is 0 Å². The minimum absolute atomic E-state index is 0.0305. The Morgan fingerprint density at radius 1 is 1.10 bits per heavy atom. The average Bonchev–Trinajstić information content (AvgIpc) is 2.66. The number of carbonyl (C=O) groups is 1. The predicted molar refractivity (Wildman–Crippen MR) is 112 cm³/mol. The van der Waals surface area contributed by atoms with Crippen LogP contribution in [0.25, 0.3) is 0 Å². The third-order valence-corrected chi connectivity index (χ3v) is 5.23. The molecule has 0 amide bonds. The van der Waals surface area contributed by atoms with E-state index >= 15 is 0 Å². The summed E-state index contributed by atoms with van der Waals surface area (Å²) in [5.74, 6) is 1.22. The Morgan fingerprint density at radius 2 is 1.72 bits per heavy atom. The summed E-state index contributed by atoms with van der Waals surface area (Å²) in [6, 6.07) is -0.162. The Balaban J connectivity index is 1.86. The number of hydrogen-bond acceptors (Lipinski definition) is 11. The van der Waals surface area contributed by atoms with Crippen LogP contribution in [0.5, 0.6) is 0 Å². The first-order valence-electron chi connectivity index (χ1n) is 10.2. The maximum absolute atomic E-state index is 11.6. The first-order chi connectivity index (χ1) is 13.8. The van der Waals surface area contributed by atoms with Gasteiger partial charge >= 0.3 is 5.97 Å². The SMILES string of the molecule is COC(=O)CC(C)Nc1nc(N2CCC[C@@H](N)C2)nc(N2C[C@H](N)C[C@H](N)C2)n1. The third-order valence-electron chi connectivity index (χ3n) is 5.23. The highest BCUT2D eigenvalue weighted by Crippen LogP contribution is 2.22. The van der Waals surface area contributed by atoms with Crippen LogP contribution in [-0.2, 0) is 9.53 Å². The molecule has 0 aromatic carbocycles. The molecule has 3 heterocycles. The lowest BCUT2D eigenvalue weighted by Crippen LogP contribution is -2.53. The molecule has 1 aromatic rings. The molecule has 4 atom stereocenters. The summed E-state index contributed by atoms with van der Waals surface area (Å²) in [4.78, 5) is 29.5. The summed E-state index contributed by atoms with van der Waals surface area (Å²) in [6.07, 6.45) is 2.96. The van der Waals surface area contributed by atoms with E-state index in [0.29, 0.717) is 37.5 Å². The second-order valence-electron chi connectivity index (χ2n) is 8.09. The highest BCUT2D eigenvalue weighted by Gasteiger charge is 2.27. The number of nitrogens with two attached hydrogens (primary N) is 3. The van der Waals surface area contributed by atoms with Crippen LogP contribution in [0, 0.1) is 0 Å². The van der Waals surface area contributed by atoms with Gasteiger partial charge in [-0.2, -0.15) is 15.0 Å². The lowest BCUT2D eigenvalue weighted by Gasteiger charge is -2.36. The van der Waals surface area contributed by atoms with Gasteiger partial charge in [0.15, 0.2) is 0 Å². The highest BCUT2D eigenvalue weighted by atomic mass is 16.5. The first kappa shape index (κ1) is 21.5. The monoisotopic (exact) mass is 407 g/mol. The molecular weight excluding hydrogens is 374 g/mol. The molecule has 2 aliphatic heterocycles. The maximum Gasteiger partial charge on any atom is 0.307 e. The van der Waals surface area contributed by atoms with Crippen molar-refractivity contribution in [2.24, 2.45) is 17.2 Å². The number of ether oxygens (including phenoxy) is 1. The van der Waals surface area contributed by atoms with Crippen molar-refractivity contribution in [3.8, 4) is 0 Å². The topological polar surface area (TPSA) is 162 Å². The molecule has 0 bridgehead atoms. The van der Waals surface area contributed by atoms with Crippen LogP contribution in [0.2, 0.25) is 0 Å². The molecule has 0 aliphatic carbocycles. The number of rotatable bonds is 6. The first-order valence-corrected chi connectivity index (χ1v) is 10.2. The summed E-state index contributed by atoms with van der Waals surface area (Å²) in [5.41, 5.74) is 18.5. The molecule has 11 nitrogen and oxygen atoms in total. The van der Waals surface area contributed by atoms with E-state index in [0.717, 1.165) is 25.8 Å². The van der Waals surface area contributed by atoms with Crippen molar-refractivity contribution in [2.45, 2.75) is 56.8 Å². The van der Waals surface area contributed by atoms with Gasteiger partial charge in [-0.3, -0.25) is 4.79 Å². The molecule has 0 radical (unpaired) electrons. The van der Waals surface area contributed by atoms with E-state index in [1.165, 1.54) is 7.11 Å². The maximum atomic E-state index is 11.6. The van der Waals surface area contributed by atoms with Gasteiger partial charge in [-0.15, -0.1) is 0 Å². The molecular formula is C18H33N9O2. The number of anilines is 3. The van der Waals surface area contributed by atoms with Crippen molar-refractivity contribution in [2.75, 3.05) is 48.4 Å². The smallest absolute Gasteiger partial charge is 0.307 e. The number of esters is 1. The molecule has 0 spiro atoms. The van der Waals surface area contributed by atoms with Crippen molar-refractivity contribution >= 4 is 23.8 Å². The van der Waals surface area contributed by atoms with Gasteiger partial charge in [-0.1, -0.05) is 0 Å². The number of aromatic nitrogens is 3. The lowest BCUT2D eigenvalue weighted by molar-refractivity contribution is -0.140. The lowest BCUT2D eigenvalue weighted by atomic mass is 10.0. The average molecular weight is 408 g/mol. The normalized spacial score (nSPS) is 26.2. The Kier molecular flexibility index (Phi) is 7.04. The van der Waals surface area contributed by atoms with Crippen molar-refractivity contribution in [1.82, 2.24) is 15.0 Å². The molecule has 3 rings (SSSR count). The summed E-state index contributed by atoms with van der Waals surface area (Å²) in [6.45, 7) is 4.68. The Bertz CT molecular complexity index is 694. The molecule has 1 unspecified atom stereocenters. The number of piperidine rings is 2. The summed E-state index contributed by atoms with van der Waals surface area (Å²) in [7, 11) is 1.37. The quantitative estimate of drug-likeness (QED) is 0.429. The van der Waals surface area contributed by atoms with E-state index in [1.54, 1.807) is 0 Å². The summed E-state index contributed by atoms with van der Waals surface area (Å²) in [5, 5.41) is 3.19. The van der Waals surface area contributed by atoms with Gasteiger partial charge in [-0.25, -0.2) is 0 Å². The van der Waals surface area contributed by atoms with Crippen molar-refractivity contribution in [3.63, 3.8) is 0 Å². The molecule has 162 valence electrons. The zero-order valence-electron chi connectivity index (χ0n) is 17.3. The van der Waals surface area contributed by atoms with Gasteiger partial charge in [0.05, 0.1) is 13.5 Å². The third kappa shape index (κ3) is 5.87. The molecule has 0 saturated carbocycles. The summed E-state index contributed by atoms with van der Waals surface area (Å²) < 4.78 is 4.74. The Hall–Kier alpha value is -2.24. The predicted octanol–water partition coefficient (Wildman–Crippen LogP) is -0.973. The van der Waals surface area contributed by atoms with Gasteiger partial charge in [0.25, 0.3) is 0 Å². The van der Waals surface area contributed by atoms with Crippen LogP contribution in [-0.4, -0.2) is 78.4 Å². The molecule has 2 fully saturated rings. The van der Waals surface area contributed by atoms with Gasteiger partial charge < -0.3 is 37.1 Å². The molecule has 2 aliphatic rings. The van der Waals surface area contributed by atoms with E-state index in [2.05, 4.69) is 20.2 Å². The minimum Gasteiger partial charge on any atom is -0.469 e. The van der Waals surface area contributed by atoms with Crippen molar-refractivity contribution in [3.05, 3.63) is 0 Å².